The van der Waals surface area contributed by atoms with Crippen molar-refractivity contribution in [2.75, 3.05) is 18.0 Å². The Morgan fingerprint density at radius 1 is 1.32 bits per heavy atom. The Kier molecular flexibility index (Phi) is 6.35. The largest absolute Gasteiger partial charge is 0.370 e. The molecule has 1 aliphatic heterocycles. The van der Waals surface area contributed by atoms with Gasteiger partial charge in [-0.1, -0.05) is 31.0 Å². The first kappa shape index (κ1) is 17.4. The molecular formula is C17H27IN4. The van der Waals surface area contributed by atoms with Gasteiger partial charge in [-0.3, -0.25) is 4.99 Å². The maximum Gasteiger partial charge on any atom is 0.188 e. The third-order valence-electron chi connectivity index (χ3n) is 4.68. The van der Waals surface area contributed by atoms with E-state index in [9.17, 15) is 0 Å². The van der Waals surface area contributed by atoms with Gasteiger partial charge in [0.15, 0.2) is 5.96 Å². The highest BCUT2D eigenvalue weighted by atomic mass is 127. The number of halogens is 1. The molecule has 1 heterocycles. The lowest BCUT2D eigenvalue weighted by atomic mass is 10.1. The van der Waals surface area contributed by atoms with Crippen LogP contribution in [0.4, 0.5) is 5.69 Å². The molecule has 1 aliphatic carbocycles. The molecule has 122 valence electrons. The van der Waals surface area contributed by atoms with Crippen molar-refractivity contribution in [1.82, 2.24) is 5.32 Å². The van der Waals surface area contributed by atoms with Gasteiger partial charge in [0.05, 0.1) is 6.54 Å². The van der Waals surface area contributed by atoms with Gasteiger partial charge >= 0.3 is 0 Å². The number of nitrogens with two attached hydrogens (primary N) is 1. The summed E-state index contributed by atoms with van der Waals surface area (Å²) in [5.74, 6) is 0.613. The lowest BCUT2D eigenvalue weighted by molar-refractivity contribution is 0.623. The summed E-state index contributed by atoms with van der Waals surface area (Å²) in [6.07, 6.45) is 6.22. The van der Waals surface area contributed by atoms with E-state index in [2.05, 4.69) is 46.4 Å². The van der Waals surface area contributed by atoms with Crippen molar-refractivity contribution in [3.05, 3.63) is 29.8 Å². The Morgan fingerprint density at radius 3 is 2.82 bits per heavy atom. The van der Waals surface area contributed by atoms with E-state index in [4.69, 9.17) is 5.73 Å². The van der Waals surface area contributed by atoms with E-state index in [0.29, 0.717) is 18.0 Å². The molecule has 0 saturated heterocycles. The molecule has 1 atom stereocenters. The normalized spacial score (nSPS) is 21.6. The summed E-state index contributed by atoms with van der Waals surface area (Å²) in [7, 11) is 0. The number of fused-ring (bicyclic) bond motifs is 1. The van der Waals surface area contributed by atoms with E-state index in [1.54, 1.807) is 0 Å². The van der Waals surface area contributed by atoms with Gasteiger partial charge in [-0.25, -0.2) is 0 Å². The van der Waals surface area contributed by atoms with Crippen LogP contribution in [0.25, 0.3) is 0 Å². The third-order valence-corrected chi connectivity index (χ3v) is 4.68. The molecule has 1 aromatic rings. The number of benzene rings is 1. The van der Waals surface area contributed by atoms with Gasteiger partial charge in [-0.15, -0.1) is 24.0 Å². The number of rotatable bonds is 4. The summed E-state index contributed by atoms with van der Waals surface area (Å²) in [5.41, 5.74) is 8.80. The molecule has 1 fully saturated rings. The first-order valence-corrected chi connectivity index (χ1v) is 8.15. The number of para-hydroxylation sites is 1. The first-order valence-electron chi connectivity index (χ1n) is 8.15. The Balaban J connectivity index is 0.00000176. The van der Waals surface area contributed by atoms with Crippen LogP contribution in [0.3, 0.4) is 0 Å². The minimum absolute atomic E-state index is 0. The quantitative estimate of drug-likeness (QED) is 0.453. The minimum atomic E-state index is 0. The van der Waals surface area contributed by atoms with Crippen LogP contribution in [-0.2, 0) is 6.42 Å². The molecular weight excluding hydrogens is 387 g/mol. The maximum atomic E-state index is 5.99. The summed E-state index contributed by atoms with van der Waals surface area (Å²) in [5, 5.41) is 3.34. The summed E-state index contributed by atoms with van der Waals surface area (Å²) < 4.78 is 0. The molecule has 22 heavy (non-hydrogen) atoms. The number of hydrogen-bond donors (Lipinski definition) is 2. The number of nitrogens with zero attached hydrogens (tertiary/aromatic N) is 2. The smallest absolute Gasteiger partial charge is 0.188 e. The van der Waals surface area contributed by atoms with Crippen molar-refractivity contribution >= 4 is 35.6 Å². The van der Waals surface area contributed by atoms with Gasteiger partial charge < -0.3 is 16.0 Å². The van der Waals surface area contributed by atoms with Crippen LogP contribution in [0.15, 0.2) is 29.3 Å². The average molecular weight is 414 g/mol. The first-order chi connectivity index (χ1) is 10.2. The van der Waals surface area contributed by atoms with Crippen LogP contribution in [-0.4, -0.2) is 31.1 Å². The van der Waals surface area contributed by atoms with E-state index in [1.165, 1.54) is 36.9 Å². The molecule has 1 aromatic carbocycles. The van der Waals surface area contributed by atoms with Crippen LogP contribution in [0.2, 0.25) is 0 Å². The number of anilines is 1. The van der Waals surface area contributed by atoms with E-state index in [1.807, 2.05) is 0 Å². The number of aliphatic imine (C=N–C) groups is 1. The molecule has 5 heteroatoms. The molecule has 0 bridgehead atoms. The highest BCUT2D eigenvalue weighted by Crippen LogP contribution is 2.31. The summed E-state index contributed by atoms with van der Waals surface area (Å²) in [4.78, 5) is 6.95. The Hall–Kier alpha value is -0.980. The third kappa shape index (κ3) is 4.06. The summed E-state index contributed by atoms with van der Waals surface area (Å²) >= 11 is 0. The molecule has 4 nitrogen and oxygen atoms in total. The van der Waals surface area contributed by atoms with E-state index >= 15 is 0 Å². The van der Waals surface area contributed by atoms with Crippen LogP contribution in [0.5, 0.6) is 0 Å². The van der Waals surface area contributed by atoms with Crippen LogP contribution in [0.1, 0.15) is 38.2 Å². The second-order valence-electron chi connectivity index (χ2n) is 6.27. The predicted octanol–water partition coefficient (Wildman–Crippen LogP) is 2.90. The fourth-order valence-electron chi connectivity index (χ4n) is 3.57. The fourth-order valence-corrected chi connectivity index (χ4v) is 3.57. The molecule has 0 spiro atoms. The summed E-state index contributed by atoms with van der Waals surface area (Å²) in [6.45, 7) is 3.97. The zero-order valence-corrected chi connectivity index (χ0v) is 15.6. The standard InChI is InChI=1S/C17H26N4.HI/c1-13-12-14-6-2-5-9-16(14)21(13)11-10-19-17(18)20-15-7-3-4-8-15;/h2,5-6,9,13,15H,3-4,7-8,10-12H2,1H3,(H3,18,19,20);1H. The second-order valence-corrected chi connectivity index (χ2v) is 6.27. The zero-order chi connectivity index (χ0) is 14.7. The second kappa shape index (κ2) is 8.04. The lowest BCUT2D eigenvalue weighted by Crippen LogP contribution is -2.39. The topological polar surface area (TPSA) is 53.6 Å². The van der Waals surface area contributed by atoms with E-state index in [-0.39, 0.29) is 24.0 Å². The van der Waals surface area contributed by atoms with Gasteiger partial charge in [-0.05, 0) is 37.8 Å². The Morgan fingerprint density at radius 2 is 2.05 bits per heavy atom. The van der Waals surface area contributed by atoms with Gasteiger partial charge in [0.2, 0.25) is 0 Å². The van der Waals surface area contributed by atoms with Crippen molar-refractivity contribution in [3.63, 3.8) is 0 Å². The van der Waals surface area contributed by atoms with Crippen molar-refractivity contribution in [1.29, 1.82) is 0 Å². The molecule has 1 saturated carbocycles. The van der Waals surface area contributed by atoms with Gasteiger partial charge in [0.25, 0.3) is 0 Å². The van der Waals surface area contributed by atoms with Crippen molar-refractivity contribution in [2.24, 2.45) is 10.7 Å². The highest BCUT2D eigenvalue weighted by Gasteiger charge is 2.24. The van der Waals surface area contributed by atoms with Gasteiger partial charge in [0, 0.05) is 24.3 Å². The van der Waals surface area contributed by atoms with Gasteiger partial charge in [-0.2, -0.15) is 0 Å². The average Bonchev–Trinajstić information content (AvgIpc) is 3.07. The van der Waals surface area contributed by atoms with E-state index < -0.39 is 0 Å². The molecule has 0 aromatic heterocycles. The maximum absolute atomic E-state index is 5.99. The lowest BCUT2D eigenvalue weighted by Gasteiger charge is -2.24. The van der Waals surface area contributed by atoms with Crippen LogP contribution in [0, 0.1) is 0 Å². The molecule has 2 aliphatic rings. The molecule has 1 unspecified atom stereocenters. The fraction of sp³-hybridized carbons (Fsp3) is 0.588. The van der Waals surface area contributed by atoms with Crippen molar-refractivity contribution in [3.8, 4) is 0 Å². The number of guanidine groups is 1. The number of hydrogen-bond acceptors (Lipinski definition) is 2. The van der Waals surface area contributed by atoms with Crippen molar-refractivity contribution in [2.45, 2.75) is 51.1 Å². The monoisotopic (exact) mass is 414 g/mol. The summed E-state index contributed by atoms with van der Waals surface area (Å²) in [6, 6.07) is 9.77. The van der Waals surface area contributed by atoms with Crippen LogP contribution < -0.4 is 16.0 Å². The highest BCUT2D eigenvalue weighted by molar-refractivity contribution is 14.0. The SMILES string of the molecule is CC1Cc2ccccc2N1CCN=C(N)NC1CCCC1.I. The minimum Gasteiger partial charge on any atom is -0.370 e. The van der Waals surface area contributed by atoms with E-state index in [0.717, 1.165) is 19.5 Å². The molecule has 3 N–H and O–H groups in total. The molecule has 3 rings (SSSR count). The Labute approximate surface area is 150 Å². The Bertz CT molecular complexity index is 511. The number of nitrogens with one attached hydrogen (secondary N) is 1. The van der Waals surface area contributed by atoms with Gasteiger partial charge in [0.1, 0.15) is 0 Å². The van der Waals surface area contributed by atoms with Crippen LogP contribution >= 0.6 is 24.0 Å². The zero-order valence-electron chi connectivity index (χ0n) is 13.3. The molecule has 0 amide bonds. The van der Waals surface area contributed by atoms with Crippen molar-refractivity contribution < 1.29 is 0 Å². The molecule has 0 radical (unpaired) electrons. The predicted molar refractivity (Wildman–Crippen MR) is 104 cm³/mol.